The molecule has 0 aromatic heterocycles. The number of carbonyl (C=O) groups excluding carboxylic acids is 1. The highest BCUT2D eigenvalue weighted by molar-refractivity contribution is 6.30. The minimum Gasteiger partial charge on any atom is -0.320 e. The quantitative estimate of drug-likeness (QED) is 0.733. The van der Waals surface area contributed by atoms with Crippen molar-refractivity contribution in [3.05, 3.63) is 34.9 Å². The number of Topliss-reactive ketones (excluding diaryl/α,β-unsaturated/α-hetero) is 1. The number of benzene rings is 1. The van der Waals surface area contributed by atoms with Gasteiger partial charge in [-0.15, -0.1) is 0 Å². The zero-order chi connectivity index (χ0) is 12.7. The van der Waals surface area contributed by atoms with Crippen LogP contribution in [-0.4, -0.2) is 25.9 Å². The molecule has 1 unspecified atom stereocenters. The van der Waals surface area contributed by atoms with Crippen LogP contribution in [0.4, 0.5) is 0 Å². The third-order valence-electron chi connectivity index (χ3n) is 2.54. The molecule has 0 fully saturated rings. The van der Waals surface area contributed by atoms with Gasteiger partial charge < -0.3 is 10.6 Å². The SMILES string of the molecule is CNCCCNC(C(C)=O)c1cccc(Cl)c1. The van der Waals surface area contributed by atoms with Crippen LogP contribution in [0.3, 0.4) is 0 Å². The Hall–Kier alpha value is -0.900. The lowest BCUT2D eigenvalue weighted by atomic mass is 10.0. The van der Waals surface area contributed by atoms with Crippen molar-refractivity contribution in [1.29, 1.82) is 0 Å². The average Bonchev–Trinajstić information content (AvgIpc) is 2.28. The molecule has 1 aromatic carbocycles. The molecular weight excluding hydrogens is 236 g/mol. The Balaban J connectivity index is 2.63. The maximum atomic E-state index is 11.6. The van der Waals surface area contributed by atoms with Crippen LogP contribution in [0.25, 0.3) is 0 Å². The smallest absolute Gasteiger partial charge is 0.151 e. The van der Waals surface area contributed by atoms with Gasteiger partial charge in [0.15, 0.2) is 5.78 Å². The van der Waals surface area contributed by atoms with Gasteiger partial charge in [0.25, 0.3) is 0 Å². The van der Waals surface area contributed by atoms with E-state index in [1.165, 1.54) is 0 Å². The molecule has 0 saturated heterocycles. The largest absolute Gasteiger partial charge is 0.320 e. The molecule has 4 heteroatoms. The van der Waals surface area contributed by atoms with Crippen LogP contribution in [0.5, 0.6) is 0 Å². The lowest BCUT2D eigenvalue weighted by Crippen LogP contribution is -2.29. The van der Waals surface area contributed by atoms with Gasteiger partial charge in [0.05, 0.1) is 6.04 Å². The highest BCUT2D eigenvalue weighted by atomic mass is 35.5. The maximum absolute atomic E-state index is 11.6. The summed E-state index contributed by atoms with van der Waals surface area (Å²) < 4.78 is 0. The van der Waals surface area contributed by atoms with E-state index in [0.717, 1.165) is 25.1 Å². The molecule has 0 aliphatic rings. The molecule has 0 amide bonds. The molecule has 17 heavy (non-hydrogen) atoms. The van der Waals surface area contributed by atoms with Gasteiger partial charge in [-0.25, -0.2) is 0 Å². The van der Waals surface area contributed by atoms with E-state index in [2.05, 4.69) is 10.6 Å². The second-order valence-electron chi connectivity index (χ2n) is 4.01. The van der Waals surface area contributed by atoms with E-state index in [-0.39, 0.29) is 11.8 Å². The van der Waals surface area contributed by atoms with Crippen molar-refractivity contribution in [2.75, 3.05) is 20.1 Å². The van der Waals surface area contributed by atoms with Crippen LogP contribution in [0.1, 0.15) is 24.9 Å². The van der Waals surface area contributed by atoms with E-state index in [9.17, 15) is 4.79 Å². The van der Waals surface area contributed by atoms with Crippen molar-refractivity contribution in [3.8, 4) is 0 Å². The summed E-state index contributed by atoms with van der Waals surface area (Å²) >= 11 is 5.93. The fraction of sp³-hybridized carbons (Fsp3) is 0.462. The van der Waals surface area contributed by atoms with Crippen LogP contribution < -0.4 is 10.6 Å². The summed E-state index contributed by atoms with van der Waals surface area (Å²) in [5.74, 6) is 0.108. The van der Waals surface area contributed by atoms with Crippen molar-refractivity contribution in [3.63, 3.8) is 0 Å². The first-order valence-electron chi connectivity index (χ1n) is 5.79. The molecule has 0 spiro atoms. The number of halogens is 1. The Kier molecular flexibility index (Phi) is 6.19. The fourth-order valence-electron chi connectivity index (χ4n) is 1.69. The van der Waals surface area contributed by atoms with Crippen LogP contribution >= 0.6 is 11.6 Å². The molecule has 3 nitrogen and oxygen atoms in total. The fourth-order valence-corrected chi connectivity index (χ4v) is 1.89. The van der Waals surface area contributed by atoms with Gasteiger partial charge in [0.2, 0.25) is 0 Å². The van der Waals surface area contributed by atoms with Crippen LogP contribution in [0.2, 0.25) is 5.02 Å². The van der Waals surface area contributed by atoms with E-state index >= 15 is 0 Å². The third-order valence-corrected chi connectivity index (χ3v) is 2.78. The van der Waals surface area contributed by atoms with Crippen molar-refractivity contribution >= 4 is 17.4 Å². The summed E-state index contributed by atoms with van der Waals surface area (Å²) in [6, 6.07) is 7.17. The molecule has 0 aliphatic carbocycles. The molecule has 0 heterocycles. The monoisotopic (exact) mass is 254 g/mol. The van der Waals surface area contributed by atoms with E-state index in [4.69, 9.17) is 11.6 Å². The first kappa shape index (κ1) is 14.2. The molecule has 0 radical (unpaired) electrons. The molecule has 0 bridgehead atoms. The number of hydrogen-bond donors (Lipinski definition) is 2. The zero-order valence-electron chi connectivity index (χ0n) is 10.3. The predicted molar refractivity (Wildman–Crippen MR) is 71.4 cm³/mol. The second kappa shape index (κ2) is 7.43. The molecule has 94 valence electrons. The van der Waals surface area contributed by atoms with Gasteiger partial charge >= 0.3 is 0 Å². The number of hydrogen-bond acceptors (Lipinski definition) is 3. The first-order chi connectivity index (χ1) is 8.15. The number of ketones is 1. The number of rotatable bonds is 7. The van der Waals surface area contributed by atoms with Gasteiger partial charge in [-0.3, -0.25) is 4.79 Å². The minimum atomic E-state index is -0.259. The molecule has 1 aromatic rings. The number of nitrogens with one attached hydrogen (secondary N) is 2. The summed E-state index contributed by atoms with van der Waals surface area (Å²) in [6.45, 7) is 3.33. The van der Waals surface area contributed by atoms with Gasteiger partial charge in [0, 0.05) is 5.02 Å². The van der Waals surface area contributed by atoms with Gasteiger partial charge in [-0.1, -0.05) is 23.7 Å². The minimum absolute atomic E-state index is 0.108. The van der Waals surface area contributed by atoms with Gasteiger partial charge in [0.1, 0.15) is 0 Å². The Morgan fingerprint density at radius 2 is 2.18 bits per heavy atom. The van der Waals surface area contributed by atoms with Crippen molar-refractivity contribution in [1.82, 2.24) is 10.6 Å². The summed E-state index contributed by atoms with van der Waals surface area (Å²) in [7, 11) is 1.92. The lowest BCUT2D eigenvalue weighted by molar-refractivity contribution is -0.119. The van der Waals surface area contributed by atoms with E-state index in [0.29, 0.717) is 5.02 Å². The number of carbonyl (C=O) groups is 1. The predicted octanol–water partition coefficient (Wildman–Crippen LogP) is 2.17. The van der Waals surface area contributed by atoms with Crippen molar-refractivity contribution < 1.29 is 4.79 Å². The Labute approximate surface area is 108 Å². The zero-order valence-corrected chi connectivity index (χ0v) is 11.1. The summed E-state index contributed by atoms with van der Waals surface area (Å²) in [5, 5.41) is 6.98. The van der Waals surface area contributed by atoms with Crippen molar-refractivity contribution in [2.45, 2.75) is 19.4 Å². The van der Waals surface area contributed by atoms with Gasteiger partial charge in [-0.05, 0) is 51.2 Å². The van der Waals surface area contributed by atoms with Crippen molar-refractivity contribution in [2.24, 2.45) is 0 Å². The van der Waals surface area contributed by atoms with E-state index in [1.54, 1.807) is 6.92 Å². The van der Waals surface area contributed by atoms with E-state index in [1.807, 2.05) is 31.3 Å². The van der Waals surface area contributed by atoms with Crippen LogP contribution in [0, 0.1) is 0 Å². The average molecular weight is 255 g/mol. The molecular formula is C13H19ClN2O. The molecule has 1 atom stereocenters. The summed E-state index contributed by atoms with van der Waals surface area (Å²) in [6.07, 6.45) is 0.987. The molecule has 1 rings (SSSR count). The Bertz CT molecular complexity index is 368. The Morgan fingerprint density at radius 3 is 2.76 bits per heavy atom. The molecule has 2 N–H and O–H groups in total. The standard InChI is InChI=1S/C13H19ClN2O/c1-10(17)13(16-8-4-7-15-2)11-5-3-6-12(14)9-11/h3,5-6,9,13,15-16H,4,7-8H2,1-2H3. The van der Waals surface area contributed by atoms with Crippen LogP contribution in [0.15, 0.2) is 24.3 Å². The maximum Gasteiger partial charge on any atom is 0.151 e. The highest BCUT2D eigenvalue weighted by Gasteiger charge is 2.15. The Morgan fingerprint density at radius 1 is 1.41 bits per heavy atom. The molecule has 0 aliphatic heterocycles. The normalized spacial score (nSPS) is 12.4. The van der Waals surface area contributed by atoms with Gasteiger partial charge in [-0.2, -0.15) is 0 Å². The molecule has 0 saturated carbocycles. The first-order valence-corrected chi connectivity index (χ1v) is 6.17. The second-order valence-corrected chi connectivity index (χ2v) is 4.45. The highest BCUT2D eigenvalue weighted by Crippen LogP contribution is 2.18. The summed E-state index contributed by atoms with van der Waals surface area (Å²) in [4.78, 5) is 11.6. The topological polar surface area (TPSA) is 41.1 Å². The summed E-state index contributed by atoms with van der Waals surface area (Å²) in [5.41, 5.74) is 0.925. The van der Waals surface area contributed by atoms with Crippen LogP contribution in [-0.2, 0) is 4.79 Å². The third kappa shape index (κ3) is 4.86. The lowest BCUT2D eigenvalue weighted by Gasteiger charge is -2.16. The van der Waals surface area contributed by atoms with E-state index < -0.39 is 0 Å².